The lowest BCUT2D eigenvalue weighted by Gasteiger charge is -2.53. The van der Waals surface area contributed by atoms with Gasteiger partial charge in [0, 0.05) is 34.7 Å². The van der Waals surface area contributed by atoms with Crippen molar-refractivity contribution in [1.29, 1.82) is 0 Å². The molecule has 0 aromatic rings. The Hall–Kier alpha value is -2.29. The van der Waals surface area contributed by atoms with Crippen LogP contribution in [0.5, 0.6) is 0 Å². The monoisotopic (exact) mass is 516 g/mol. The Morgan fingerprint density at radius 3 is 2.27 bits per heavy atom. The number of allylic oxidation sites excluding steroid dienone is 1. The van der Waals surface area contributed by atoms with E-state index < -0.39 is 81.7 Å². The van der Waals surface area contributed by atoms with Gasteiger partial charge in [0.2, 0.25) is 0 Å². The summed E-state index contributed by atoms with van der Waals surface area (Å²) in [4.78, 5) is 39.3. The molecule has 0 aromatic heterocycles. The molecule has 0 saturated heterocycles. The number of aliphatic hydroxyl groups is 3. The third-order valence-corrected chi connectivity index (χ3v) is 9.79. The molecule has 0 aromatic carbocycles. The SMILES string of the molecule is C/C=C(/C)C(=O)O[C@@H]1[C@@H](C)[C@]2(O)[C@@H]3C=C(C)C(=O)[C@@]3(O)[C@H](O)C(C)=C[C@H]2[C@H]2C(C)(C)[C@]12OC(=O)C(C)C. The third-order valence-electron chi connectivity index (χ3n) is 9.79. The lowest BCUT2D eigenvalue weighted by atomic mass is 9.58. The van der Waals surface area contributed by atoms with Crippen LogP contribution >= 0.6 is 0 Å². The molecule has 3 N–H and O–H groups in total. The predicted octanol–water partition coefficient (Wildman–Crippen LogP) is 2.65. The van der Waals surface area contributed by atoms with Gasteiger partial charge < -0.3 is 24.8 Å². The summed E-state index contributed by atoms with van der Waals surface area (Å²) in [5.41, 5.74) is -5.11. The van der Waals surface area contributed by atoms with Crippen LogP contribution in [0.3, 0.4) is 0 Å². The lowest BCUT2D eigenvalue weighted by Crippen LogP contribution is -2.68. The first-order valence-corrected chi connectivity index (χ1v) is 13.1. The molecule has 4 aliphatic rings. The fourth-order valence-electron chi connectivity index (χ4n) is 7.43. The van der Waals surface area contributed by atoms with Crippen molar-refractivity contribution in [2.75, 3.05) is 0 Å². The fourth-order valence-corrected chi connectivity index (χ4v) is 7.43. The number of hydrogen-bond acceptors (Lipinski definition) is 8. The van der Waals surface area contributed by atoms with Gasteiger partial charge in [-0.25, -0.2) is 4.79 Å². The zero-order chi connectivity index (χ0) is 28.0. The van der Waals surface area contributed by atoms with E-state index in [0.717, 1.165) is 0 Å². The summed E-state index contributed by atoms with van der Waals surface area (Å²) in [7, 11) is 0. The van der Waals surface area contributed by atoms with E-state index in [-0.39, 0.29) is 5.57 Å². The Labute approximate surface area is 218 Å². The highest BCUT2D eigenvalue weighted by atomic mass is 16.6. The number of fused-ring (bicyclic) bond motifs is 5. The molecule has 37 heavy (non-hydrogen) atoms. The molecule has 0 radical (unpaired) electrons. The van der Waals surface area contributed by atoms with Gasteiger partial charge in [-0.3, -0.25) is 9.59 Å². The van der Waals surface area contributed by atoms with E-state index in [1.54, 1.807) is 60.6 Å². The van der Waals surface area contributed by atoms with Gasteiger partial charge in [-0.15, -0.1) is 0 Å². The first-order chi connectivity index (χ1) is 16.9. The van der Waals surface area contributed by atoms with E-state index in [0.29, 0.717) is 11.1 Å². The first kappa shape index (κ1) is 27.7. The second kappa shape index (κ2) is 8.35. The van der Waals surface area contributed by atoms with E-state index in [2.05, 4.69) is 0 Å². The van der Waals surface area contributed by atoms with Crippen molar-refractivity contribution in [2.45, 2.75) is 91.3 Å². The quantitative estimate of drug-likeness (QED) is 0.295. The van der Waals surface area contributed by atoms with Gasteiger partial charge >= 0.3 is 11.9 Å². The van der Waals surface area contributed by atoms with Crippen LogP contribution < -0.4 is 0 Å². The zero-order valence-corrected chi connectivity index (χ0v) is 23.2. The van der Waals surface area contributed by atoms with Gasteiger partial charge in [0.25, 0.3) is 0 Å². The molecule has 0 unspecified atom stereocenters. The second-order valence-electron chi connectivity index (χ2n) is 12.4. The molecule has 0 amide bonds. The molecule has 9 atom stereocenters. The normalized spacial score (nSPS) is 44.1. The minimum atomic E-state index is -2.27. The molecule has 2 saturated carbocycles. The number of aliphatic hydroxyl groups excluding tert-OH is 1. The number of esters is 2. The van der Waals surface area contributed by atoms with E-state index in [1.165, 1.54) is 6.08 Å². The summed E-state index contributed by atoms with van der Waals surface area (Å²) >= 11 is 0. The highest BCUT2D eigenvalue weighted by Crippen LogP contribution is 2.77. The Balaban J connectivity index is 1.97. The lowest BCUT2D eigenvalue weighted by molar-refractivity contribution is -0.233. The van der Waals surface area contributed by atoms with Gasteiger partial charge in [-0.1, -0.05) is 52.8 Å². The van der Waals surface area contributed by atoms with Crippen molar-refractivity contribution in [1.82, 2.24) is 0 Å². The largest absolute Gasteiger partial charge is 0.454 e. The maximum atomic E-state index is 13.2. The summed E-state index contributed by atoms with van der Waals surface area (Å²) in [6.45, 7) is 15.5. The second-order valence-corrected chi connectivity index (χ2v) is 12.4. The van der Waals surface area contributed by atoms with E-state index in [4.69, 9.17) is 9.47 Å². The number of carbonyl (C=O) groups is 3. The van der Waals surface area contributed by atoms with Crippen LogP contribution in [0.15, 0.2) is 34.9 Å². The molecule has 204 valence electrons. The summed E-state index contributed by atoms with van der Waals surface area (Å²) in [6.07, 6.45) is 2.24. The predicted molar refractivity (Wildman–Crippen MR) is 135 cm³/mol. The van der Waals surface area contributed by atoms with Crippen LogP contribution in [0.25, 0.3) is 0 Å². The van der Waals surface area contributed by atoms with Crippen molar-refractivity contribution < 1.29 is 39.2 Å². The summed E-state index contributed by atoms with van der Waals surface area (Å²) in [5.74, 6) is -5.41. The first-order valence-electron chi connectivity index (χ1n) is 13.1. The van der Waals surface area contributed by atoms with Crippen molar-refractivity contribution in [3.8, 4) is 0 Å². The minimum absolute atomic E-state index is 0.247. The van der Waals surface area contributed by atoms with Gasteiger partial charge in [0.1, 0.15) is 12.2 Å². The van der Waals surface area contributed by atoms with Gasteiger partial charge in [0.05, 0.1) is 11.5 Å². The average molecular weight is 517 g/mol. The smallest absolute Gasteiger partial charge is 0.333 e. The van der Waals surface area contributed by atoms with E-state index >= 15 is 0 Å². The molecular formula is C29H40O8. The average Bonchev–Trinajstić information content (AvgIpc) is 3.23. The highest BCUT2D eigenvalue weighted by molar-refractivity contribution is 6.05. The number of carbonyl (C=O) groups excluding carboxylic acids is 3. The van der Waals surface area contributed by atoms with Crippen molar-refractivity contribution in [2.24, 2.45) is 35.0 Å². The van der Waals surface area contributed by atoms with Gasteiger partial charge in [-0.2, -0.15) is 0 Å². The van der Waals surface area contributed by atoms with E-state index in [1.807, 2.05) is 13.8 Å². The standard InChI is InChI=1S/C29H40O8/c1-10-14(4)25(33)36-23-17(7)27(34)18(20-26(8,9)29(20,23)37-24(32)13(2)3)11-15(5)21(30)28(35)19(27)12-16(6)22(28)31/h10-13,17-21,23,30,34-35H,1-9H3/b14-10-/t17-,18+,19+,20+,21-,23-,27-,28+,29-/m1/s1. The molecule has 8 nitrogen and oxygen atoms in total. The number of Topliss-reactive ketones (excluding diaryl/α,β-unsaturated/α-hetero) is 1. The minimum Gasteiger partial charge on any atom is -0.454 e. The van der Waals surface area contributed by atoms with Gasteiger partial charge in [-0.05, 0) is 38.8 Å². The summed E-state index contributed by atoms with van der Waals surface area (Å²) in [6, 6.07) is 0. The van der Waals surface area contributed by atoms with Crippen LogP contribution in [0, 0.1) is 35.0 Å². The maximum Gasteiger partial charge on any atom is 0.333 e. The van der Waals surface area contributed by atoms with Crippen LogP contribution in [0.2, 0.25) is 0 Å². The third kappa shape index (κ3) is 3.28. The van der Waals surface area contributed by atoms with Crippen molar-refractivity contribution in [3.63, 3.8) is 0 Å². The van der Waals surface area contributed by atoms with E-state index in [9.17, 15) is 29.7 Å². The Bertz CT molecular complexity index is 1140. The summed E-state index contributed by atoms with van der Waals surface area (Å²) < 4.78 is 12.3. The highest BCUT2D eigenvalue weighted by Gasteiger charge is 2.88. The van der Waals surface area contributed by atoms with Crippen LogP contribution in [-0.2, 0) is 23.9 Å². The Kier molecular flexibility index (Phi) is 6.26. The van der Waals surface area contributed by atoms with Gasteiger partial charge in [0.15, 0.2) is 17.0 Å². The molecular weight excluding hydrogens is 476 g/mol. The Morgan fingerprint density at radius 1 is 1.14 bits per heavy atom. The molecule has 2 fully saturated rings. The zero-order valence-electron chi connectivity index (χ0n) is 23.2. The molecule has 0 heterocycles. The number of rotatable bonds is 4. The van der Waals surface area contributed by atoms with Crippen molar-refractivity contribution in [3.05, 3.63) is 34.9 Å². The van der Waals surface area contributed by atoms with Crippen LogP contribution in [0.4, 0.5) is 0 Å². The van der Waals surface area contributed by atoms with Crippen LogP contribution in [-0.4, -0.2) is 62.1 Å². The fraction of sp³-hybridized carbons (Fsp3) is 0.690. The summed E-state index contributed by atoms with van der Waals surface area (Å²) in [5, 5.41) is 35.6. The molecule has 0 bridgehead atoms. The topological polar surface area (TPSA) is 130 Å². The Morgan fingerprint density at radius 2 is 1.73 bits per heavy atom. The number of ether oxygens (including phenoxy) is 2. The molecule has 4 rings (SSSR count). The van der Waals surface area contributed by atoms with Crippen molar-refractivity contribution >= 4 is 17.7 Å². The molecule has 0 aliphatic heterocycles. The molecule has 8 heteroatoms. The van der Waals surface area contributed by atoms with Crippen LogP contribution in [0.1, 0.15) is 62.3 Å². The molecule has 0 spiro atoms. The number of hydrogen-bond donors (Lipinski definition) is 3. The maximum absolute atomic E-state index is 13.2. The number of ketones is 1. The molecule has 4 aliphatic carbocycles.